The largest absolute Gasteiger partial charge is 0.460 e. The number of hydrogen-bond donors (Lipinski definition) is 0. The fraction of sp³-hybridized carbons (Fsp3) is 0.407. The monoisotopic (exact) mass is 541 g/mol. The molecule has 38 heavy (non-hydrogen) atoms. The number of ether oxygens (including phenoxy) is 2. The molecule has 0 amide bonds. The summed E-state index contributed by atoms with van der Waals surface area (Å²) in [4.78, 5) is 31.3. The van der Waals surface area contributed by atoms with Crippen LogP contribution in [0.15, 0.2) is 60.8 Å². The van der Waals surface area contributed by atoms with E-state index >= 15 is 0 Å². The Kier molecular flexibility index (Phi) is 9.83. The van der Waals surface area contributed by atoms with Gasteiger partial charge in [0.2, 0.25) is 0 Å². The molecular weight excluding hydrogens is 510 g/mol. The van der Waals surface area contributed by atoms with E-state index in [1.165, 1.54) is 21.9 Å². The molecule has 0 radical (unpaired) electrons. The SMILES string of the molecule is Cc1ncc([N+](=O)[O-])n1CCOC(=O)COCCN1CCN(C(c2ccccc2)c2ccc(Cl)cc2)CC1. The number of hydrogen-bond acceptors (Lipinski definition) is 8. The van der Waals surface area contributed by atoms with Gasteiger partial charge in [-0.2, -0.15) is 0 Å². The average molecular weight is 542 g/mol. The summed E-state index contributed by atoms with van der Waals surface area (Å²) < 4.78 is 12.1. The first-order valence-electron chi connectivity index (χ1n) is 12.6. The van der Waals surface area contributed by atoms with Crippen molar-refractivity contribution in [1.29, 1.82) is 0 Å². The molecule has 2 heterocycles. The highest BCUT2D eigenvalue weighted by molar-refractivity contribution is 6.30. The van der Waals surface area contributed by atoms with Crippen LogP contribution in [-0.4, -0.2) is 82.8 Å². The molecule has 4 rings (SSSR count). The van der Waals surface area contributed by atoms with Crippen LogP contribution in [0.25, 0.3) is 0 Å². The Hall–Kier alpha value is -3.31. The number of aryl methyl sites for hydroxylation is 1. The number of halogens is 1. The van der Waals surface area contributed by atoms with Crippen molar-refractivity contribution < 1.29 is 19.2 Å². The van der Waals surface area contributed by atoms with Crippen molar-refractivity contribution in [2.24, 2.45) is 0 Å². The van der Waals surface area contributed by atoms with Gasteiger partial charge in [-0.05, 0) is 28.2 Å². The molecule has 1 aromatic heterocycles. The Morgan fingerprint density at radius 2 is 1.71 bits per heavy atom. The van der Waals surface area contributed by atoms with Crippen molar-refractivity contribution in [3.63, 3.8) is 0 Å². The molecule has 2 aromatic carbocycles. The minimum Gasteiger partial charge on any atom is -0.460 e. The molecule has 3 aromatic rings. The highest BCUT2D eigenvalue weighted by Gasteiger charge is 2.26. The van der Waals surface area contributed by atoms with Gasteiger partial charge in [-0.1, -0.05) is 54.1 Å². The second-order valence-corrected chi connectivity index (χ2v) is 9.52. The maximum absolute atomic E-state index is 12.0. The van der Waals surface area contributed by atoms with Crippen molar-refractivity contribution in [2.45, 2.75) is 19.5 Å². The first-order valence-corrected chi connectivity index (χ1v) is 13.0. The van der Waals surface area contributed by atoms with Crippen LogP contribution >= 0.6 is 11.6 Å². The van der Waals surface area contributed by atoms with Gasteiger partial charge in [-0.15, -0.1) is 0 Å². The first kappa shape index (κ1) is 27.7. The van der Waals surface area contributed by atoms with Crippen molar-refractivity contribution in [3.8, 4) is 0 Å². The van der Waals surface area contributed by atoms with Gasteiger partial charge in [0.25, 0.3) is 0 Å². The molecule has 0 aliphatic carbocycles. The van der Waals surface area contributed by atoms with Crippen LogP contribution in [0.1, 0.15) is 23.0 Å². The van der Waals surface area contributed by atoms with Gasteiger partial charge in [0.15, 0.2) is 5.82 Å². The lowest BCUT2D eigenvalue weighted by molar-refractivity contribution is -0.392. The molecule has 202 valence electrons. The Bertz CT molecular complexity index is 1200. The van der Waals surface area contributed by atoms with Crippen LogP contribution in [0.5, 0.6) is 0 Å². The summed E-state index contributed by atoms with van der Waals surface area (Å²) in [5.74, 6) is -0.130. The number of nitro groups is 1. The van der Waals surface area contributed by atoms with E-state index in [4.69, 9.17) is 21.1 Å². The second kappa shape index (κ2) is 13.5. The molecule has 11 heteroatoms. The number of imidazole rings is 1. The number of benzene rings is 2. The zero-order valence-corrected chi connectivity index (χ0v) is 22.1. The molecule has 1 aliphatic heterocycles. The summed E-state index contributed by atoms with van der Waals surface area (Å²) in [6.07, 6.45) is 1.19. The lowest BCUT2D eigenvalue weighted by atomic mass is 9.96. The fourth-order valence-corrected chi connectivity index (χ4v) is 4.79. The van der Waals surface area contributed by atoms with Crippen molar-refractivity contribution in [2.75, 3.05) is 52.5 Å². The molecule has 10 nitrogen and oxygen atoms in total. The minimum atomic E-state index is -0.510. The zero-order valence-electron chi connectivity index (χ0n) is 21.4. The number of rotatable bonds is 12. The smallest absolute Gasteiger partial charge is 0.342 e. The van der Waals surface area contributed by atoms with Gasteiger partial charge in [0, 0.05) is 44.7 Å². The van der Waals surface area contributed by atoms with E-state index in [-0.39, 0.29) is 31.6 Å². The predicted octanol–water partition coefficient (Wildman–Crippen LogP) is 3.72. The van der Waals surface area contributed by atoms with Gasteiger partial charge in [-0.3, -0.25) is 9.80 Å². The van der Waals surface area contributed by atoms with Crippen LogP contribution in [0, 0.1) is 17.0 Å². The maximum atomic E-state index is 12.0. The molecule has 0 saturated carbocycles. The zero-order chi connectivity index (χ0) is 26.9. The number of carbonyl (C=O) groups excluding carboxylic acids is 1. The maximum Gasteiger partial charge on any atom is 0.342 e. The topological polar surface area (TPSA) is 103 Å². The molecule has 1 saturated heterocycles. The Morgan fingerprint density at radius 3 is 2.39 bits per heavy atom. The van der Waals surface area contributed by atoms with E-state index in [1.807, 2.05) is 18.2 Å². The van der Waals surface area contributed by atoms with Crippen LogP contribution in [-0.2, 0) is 20.8 Å². The van der Waals surface area contributed by atoms with E-state index < -0.39 is 10.9 Å². The highest BCUT2D eigenvalue weighted by Crippen LogP contribution is 2.30. The van der Waals surface area contributed by atoms with Crippen molar-refractivity contribution >= 4 is 23.4 Å². The third-order valence-corrected chi connectivity index (χ3v) is 6.90. The molecule has 0 bridgehead atoms. The predicted molar refractivity (Wildman–Crippen MR) is 143 cm³/mol. The normalized spacial score (nSPS) is 15.3. The summed E-state index contributed by atoms with van der Waals surface area (Å²) in [7, 11) is 0. The van der Waals surface area contributed by atoms with E-state index in [2.05, 4.69) is 51.2 Å². The van der Waals surface area contributed by atoms with Crippen molar-refractivity contribution in [1.82, 2.24) is 19.4 Å². The Morgan fingerprint density at radius 1 is 1.03 bits per heavy atom. The fourth-order valence-electron chi connectivity index (χ4n) is 4.66. The van der Waals surface area contributed by atoms with E-state index in [9.17, 15) is 14.9 Å². The highest BCUT2D eigenvalue weighted by atomic mass is 35.5. The molecule has 0 spiro atoms. The van der Waals surface area contributed by atoms with Gasteiger partial charge in [0.05, 0.1) is 12.6 Å². The van der Waals surface area contributed by atoms with E-state index in [1.54, 1.807) is 6.92 Å². The molecule has 1 aliphatic rings. The second-order valence-electron chi connectivity index (χ2n) is 9.09. The number of carbonyl (C=O) groups is 1. The lowest BCUT2D eigenvalue weighted by Crippen LogP contribution is -2.48. The number of aromatic nitrogens is 2. The Balaban J connectivity index is 1.18. The number of piperazine rings is 1. The van der Waals surface area contributed by atoms with E-state index in [0.717, 1.165) is 37.7 Å². The van der Waals surface area contributed by atoms with Gasteiger partial charge >= 0.3 is 11.8 Å². The summed E-state index contributed by atoms with van der Waals surface area (Å²) in [5, 5.41) is 11.8. The lowest BCUT2D eigenvalue weighted by Gasteiger charge is -2.39. The van der Waals surface area contributed by atoms with Crippen LogP contribution in [0.4, 0.5) is 5.82 Å². The molecular formula is C27H32ClN5O5. The van der Waals surface area contributed by atoms with Crippen LogP contribution in [0.3, 0.4) is 0 Å². The van der Waals surface area contributed by atoms with Gasteiger partial charge in [-0.25, -0.2) is 14.3 Å². The van der Waals surface area contributed by atoms with Gasteiger partial charge in [0.1, 0.15) is 26.0 Å². The summed E-state index contributed by atoms with van der Waals surface area (Å²) in [6.45, 7) is 6.43. The summed E-state index contributed by atoms with van der Waals surface area (Å²) >= 11 is 6.13. The summed E-state index contributed by atoms with van der Waals surface area (Å²) in [6, 6.07) is 18.7. The van der Waals surface area contributed by atoms with Gasteiger partial charge < -0.3 is 19.6 Å². The third-order valence-electron chi connectivity index (χ3n) is 6.64. The quantitative estimate of drug-likeness (QED) is 0.148. The molecule has 1 fully saturated rings. The van der Waals surface area contributed by atoms with Crippen molar-refractivity contribution in [3.05, 3.63) is 92.9 Å². The average Bonchev–Trinajstić information content (AvgIpc) is 3.30. The van der Waals surface area contributed by atoms with Crippen LogP contribution < -0.4 is 0 Å². The van der Waals surface area contributed by atoms with Crippen LogP contribution in [0.2, 0.25) is 5.02 Å². The first-order chi connectivity index (χ1) is 18.4. The molecule has 1 unspecified atom stereocenters. The molecule has 1 atom stereocenters. The summed E-state index contributed by atoms with van der Waals surface area (Å²) in [5.41, 5.74) is 2.47. The standard InChI is InChI=1S/C27H32ClN5O5/c1-21-29-19-25(33(35)36)32(21)16-18-38-26(34)20-37-17-15-30-11-13-31(14-12-30)27(22-5-3-2-4-6-22)23-7-9-24(28)10-8-23/h2-10,19,27H,11-18,20H2,1H3. The number of esters is 1. The number of nitrogens with zero attached hydrogens (tertiary/aromatic N) is 5. The third kappa shape index (κ3) is 7.38. The minimum absolute atomic E-state index is 0.0123. The Labute approximate surface area is 226 Å². The molecule has 0 N–H and O–H groups in total. The van der Waals surface area contributed by atoms with E-state index in [0.29, 0.717) is 12.4 Å².